The Bertz CT molecular complexity index is 1500. The van der Waals surface area contributed by atoms with Crippen molar-refractivity contribution in [3.63, 3.8) is 0 Å². The minimum Gasteiger partial charge on any atom is -0.487 e. The molecule has 0 aliphatic rings. The highest BCUT2D eigenvalue weighted by Gasteiger charge is 2.25. The number of aromatic nitrogens is 1. The van der Waals surface area contributed by atoms with Crippen LogP contribution in [0.25, 0.3) is 4.85 Å². The number of aryl methyl sites for hydroxylation is 1. The summed E-state index contributed by atoms with van der Waals surface area (Å²) < 4.78 is 12.1. The number of carboxylic acid groups (broad SMARTS) is 1. The summed E-state index contributed by atoms with van der Waals surface area (Å²) in [6, 6.07) is 16.4. The average molecular weight is 598 g/mol. The average Bonchev–Trinajstić information content (AvgIpc) is 2.99. The summed E-state index contributed by atoms with van der Waals surface area (Å²) in [5, 5.41) is 21.5. The van der Waals surface area contributed by atoms with Crippen LogP contribution in [0.1, 0.15) is 74.4 Å². The number of hydrogen-bond donors (Lipinski definition) is 2. The van der Waals surface area contributed by atoms with Gasteiger partial charge in [-0.25, -0.2) is 9.64 Å². The van der Waals surface area contributed by atoms with Gasteiger partial charge in [-0.05, 0) is 75.9 Å². The second kappa shape index (κ2) is 15.9. The highest BCUT2D eigenvalue weighted by Crippen LogP contribution is 2.30. The third-order valence-electron chi connectivity index (χ3n) is 6.67. The van der Waals surface area contributed by atoms with Crippen LogP contribution < -0.4 is 10.1 Å². The number of hydrogen-bond acceptors (Lipinski definition) is 7. The van der Waals surface area contributed by atoms with Gasteiger partial charge in [0.05, 0.1) is 30.4 Å². The van der Waals surface area contributed by atoms with Crippen LogP contribution in [0, 0.1) is 24.8 Å². The van der Waals surface area contributed by atoms with E-state index in [4.69, 9.17) is 26.4 Å². The van der Waals surface area contributed by atoms with Crippen LogP contribution >= 0.6 is 0 Å². The fourth-order valence-corrected chi connectivity index (χ4v) is 4.38. The molecule has 1 amide bonds. The number of carbonyl (C=O) groups is 2. The highest BCUT2D eigenvalue weighted by atomic mass is 16.6. The molecule has 0 saturated heterocycles. The molecular weight excluding hydrogens is 558 g/mol. The molecule has 0 bridgehead atoms. The van der Waals surface area contributed by atoms with Gasteiger partial charge >= 0.3 is 12.1 Å². The number of ether oxygens (including phenoxy) is 2. The molecule has 0 radical (unpaired) electrons. The lowest BCUT2D eigenvalue weighted by atomic mass is 10.1. The summed E-state index contributed by atoms with van der Waals surface area (Å²) >= 11 is 0. The molecule has 2 N–H and O–H groups in total. The molecule has 0 unspecified atom stereocenters. The van der Waals surface area contributed by atoms with Gasteiger partial charge in [0.1, 0.15) is 18.0 Å². The molecular formula is C34H39N5O5. The molecule has 230 valence electrons. The standard InChI is InChI=1S/C34H39N5O5/c1-24-32(43-23-26-12-14-28(36-5)15-13-26)30(27(20-37-24)21-38-29-16-10-25(19-35)11-17-29)22-39(33(42)44-34(2,3)4)18-8-6-7-9-31(40)41/h10-17,20,38H,6-9,18,21-23H2,1-4H3,(H,40,41). The minimum atomic E-state index is -0.841. The molecule has 1 heterocycles. The van der Waals surface area contributed by atoms with Gasteiger partial charge in [0.2, 0.25) is 0 Å². The van der Waals surface area contributed by atoms with Gasteiger partial charge in [0.25, 0.3) is 0 Å². The van der Waals surface area contributed by atoms with E-state index >= 15 is 0 Å². The molecule has 0 saturated carbocycles. The monoisotopic (exact) mass is 597 g/mol. The van der Waals surface area contributed by atoms with Gasteiger partial charge in [0, 0.05) is 37.0 Å². The van der Waals surface area contributed by atoms with E-state index in [9.17, 15) is 9.59 Å². The van der Waals surface area contributed by atoms with E-state index in [-0.39, 0.29) is 19.6 Å². The molecule has 0 aliphatic carbocycles. The zero-order valence-corrected chi connectivity index (χ0v) is 25.7. The summed E-state index contributed by atoms with van der Waals surface area (Å²) in [7, 11) is 0. The van der Waals surface area contributed by atoms with Crippen LogP contribution in [0.2, 0.25) is 0 Å². The predicted octanol–water partition coefficient (Wildman–Crippen LogP) is 7.39. The number of rotatable bonds is 14. The van der Waals surface area contributed by atoms with Gasteiger partial charge in [-0.1, -0.05) is 30.7 Å². The van der Waals surface area contributed by atoms with Crippen LogP contribution in [-0.2, 0) is 29.2 Å². The molecule has 1 aromatic heterocycles. The molecule has 0 aliphatic heterocycles. The minimum absolute atomic E-state index is 0.0794. The SMILES string of the molecule is [C-]#[N+]c1ccc(COc2c(C)ncc(CNc3ccc(C#N)cc3)c2CN(CCCCCC(=O)O)C(=O)OC(C)(C)C)cc1. The summed E-state index contributed by atoms with van der Waals surface area (Å²) in [6.07, 6.45) is 3.15. The normalized spacial score (nSPS) is 10.8. The van der Waals surface area contributed by atoms with E-state index in [1.165, 1.54) is 0 Å². The molecule has 3 rings (SSSR count). The number of carbonyl (C=O) groups excluding carboxylic acids is 1. The maximum Gasteiger partial charge on any atom is 0.410 e. The number of nitrogens with one attached hydrogen (secondary N) is 1. The van der Waals surface area contributed by atoms with Crippen LogP contribution in [0.3, 0.4) is 0 Å². The van der Waals surface area contributed by atoms with Gasteiger partial charge in [0.15, 0.2) is 5.69 Å². The summed E-state index contributed by atoms with van der Waals surface area (Å²) in [6.45, 7) is 15.7. The van der Waals surface area contributed by atoms with Crippen molar-refractivity contribution >= 4 is 23.4 Å². The Kier molecular flexibility index (Phi) is 12.1. The van der Waals surface area contributed by atoms with Gasteiger partial charge < -0.3 is 24.8 Å². The first kappa shape index (κ1) is 33.4. The number of pyridine rings is 1. The largest absolute Gasteiger partial charge is 0.487 e. The molecule has 0 atom stereocenters. The first-order chi connectivity index (χ1) is 21.0. The van der Waals surface area contributed by atoms with Crippen molar-refractivity contribution in [2.24, 2.45) is 0 Å². The second-order valence-electron chi connectivity index (χ2n) is 11.4. The van der Waals surface area contributed by atoms with Gasteiger partial charge in [-0.2, -0.15) is 5.26 Å². The van der Waals surface area contributed by atoms with E-state index < -0.39 is 17.7 Å². The number of benzene rings is 2. The lowest BCUT2D eigenvalue weighted by Gasteiger charge is -2.29. The Morgan fingerprint density at radius 3 is 2.41 bits per heavy atom. The van der Waals surface area contributed by atoms with E-state index in [1.807, 2.05) is 52.0 Å². The predicted molar refractivity (Wildman–Crippen MR) is 167 cm³/mol. The molecule has 10 nitrogen and oxygen atoms in total. The Hall–Kier alpha value is -5.09. The molecule has 44 heavy (non-hydrogen) atoms. The van der Waals surface area contributed by atoms with E-state index in [2.05, 4.69) is 21.2 Å². The summed E-state index contributed by atoms with van der Waals surface area (Å²) in [5.74, 6) is -0.288. The van der Waals surface area contributed by atoms with Gasteiger partial charge in [-0.15, -0.1) is 0 Å². The van der Waals surface area contributed by atoms with Crippen molar-refractivity contribution in [3.05, 3.63) is 94.1 Å². The van der Waals surface area contributed by atoms with Crippen molar-refractivity contribution in [3.8, 4) is 11.8 Å². The molecule has 3 aromatic rings. The first-order valence-corrected chi connectivity index (χ1v) is 14.5. The smallest absolute Gasteiger partial charge is 0.410 e. The Morgan fingerprint density at radius 1 is 1.09 bits per heavy atom. The number of anilines is 1. The van der Waals surface area contributed by atoms with Crippen molar-refractivity contribution in [2.45, 2.75) is 78.7 Å². The maximum absolute atomic E-state index is 13.4. The Morgan fingerprint density at radius 2 is 1.80 bits per heavy atom. The van der Waals surface area contributed by atoms with Crippen molar-refractivity contribution in [2.75, 3.05) is 11.9 Å². The molecule has 2 aromatic carbocycles. The molecule has 0 fully saturated rings. The number of carboxylic acids is 1. The zero-order valence-electron chi connectivity index (χ0n) is 25.7. The Balaban J connectivity index is 1.93. The van der Waals surface area contributed by atoms with Crippen LogP contribution in [0.4, 0.5) is 16.2 Å². The van der Waals surface area contributed by atoms with Crippen molar-refractivity contribution in [1.82, 2.24) is 9.88 Å². The summed E-state index contributed by atoms with van der Waals surface area (Å²) in [4.78, 5) is 34.0. The molecule has 0 spiro atoms. The van der Waals surface area contributed by atoms with E-state index in [1.54, 1.807) is 35.4 Å². The fourth-order valence-electron chi connectivity index (χ4n) is 4.38. The highest BCUT2D eigenvalue weighted by molar-refractivity contribution is 5.68. The zero-order chi connectivity index (χ0) is 32.1. The van der Waals surface area contributed by atoms with Gasteiger partial charge in [-0.3, -0.25) is 9.78 Å². The number of nitriles is 1. The van der Waals surface area contributed by atoms with Crippen LogP contribution in [0.5, 0.6) is 5.75 Å². The fraction of sp³-hybridized carbons (Fsp3) is 0.382. The summed E-state index contributed by atoms with van der Waals surface area (Å²) in [5.41, 5.74) is 4.34. The quantitative estimate of drug-likeness (QED) is 0.145. The lowest BCUT2D eigenvalue weighted by Crippen LogP contribution is -2.37. The third-order valence-corrected chi connectivity index (χ3v) is 6.67. The number of nitrogens with zero attached hydrogens (tertiary/aromatic N) is 4. The lowest BCUT2D eigenvalue weighted by molar-refractivity contribution is -0.137. The topological polar surface area (TPSA) is 129 Å². The van der Waals surface area contributed by atoms with Crippen LogP contribution in [-0.4, -0.2) is 39.2 Å². The maximum atomic E-state index is 13.4. The number of amides is 1. The Labute approximate surface area is 259 Å². The second-order valence-corrected chi connectivity index (χ2v) is 11.4. The van der Waals surface area contributed by atoms with Crippen LogP contribution in [0.15, 0.2) is 54.7 Å². The first-order valence-electron chi connectivity index (χ1n) is 14.5. The van der Waals surface area contributed by atoms with Crippen molar-refractivity contribution in [1.29, 1.82) is 5.26 Å². The number of aliphatic carboxylic acids is 1. The van der Waals surface area contributed by atoms with Crippen molar-refractivity contribution < 1.29 is 24.2 Å². The molecule has 10 heteroatoms. The van der Waals surface area contributed by atoms with E-state index in [0.717, 1.165) is 22.4 Å². The number of unbranched alkanes of at least 4 members (excludes halogenated alkanes) is 2. The third kappa shape index (κ3) is 10.6. The van der Waals surface area contributed by atoms with E-state index in [0.29, 0.717) is 55.0 Å².